The molecule has 172 valence electrons. The van der Waals surface area contributed by atoms with Gasteiger partial charge in [0.1, 0.15) is 5.82 Å². The molecule has 0 aliphatic carbocycles. The van der Waals surface area contributed by atoms with E-state index < -0.39 is 11.6 Å². The van der Waals surface area contributed by atoms with Crippen LogP contribution in [-0.2, 0) is 9.47 Å². The fourth-order valence-electron chi connectivity index (χ4n) is 3.76. The highest BCUT2D eigenvalue weighted by molar-refractivity contribution is 5.71. The summed E-state index contributed by atoms with van der Waals surface area (Å²) < 4.78 is 60.1. The van der Waals surface area contributed by atoms with E-state index in [4.69, 9.17) is 14.2 Å². The van der Waals surface area contributed by atoms with Crippen molar-refractivity contribution >= 4 is 0 Å². The summed E-state index contributed by atoms with van der Waals surface area (Å²) in [5.41, 5.74) is 2.47. The van der Waals surface area contributed by atoms with Gasteiger partial charge in [-0.05, 0) is 48.2 Å². The number of hydrogen-bond acceptors (Lipinski definition) is 3. The molecule has 3 aromatic rings. The van der Waals surface area contributed by atoms with E-state index in [1.807, 2.05) is 13.0 Å². The van der Waals surface area contributed by atoms with Crippen molar-refractivity contribution in [2.24, 2.45) is 0 Å². The maximum atomic E-state index is 14.9. The van der Waals surface area contributed by atoms with Crippen LogP contribution in [0.4, 0.5) is 13.2 Å². The first-order valence-corrected chi connectivity index (χ1v) is 10.8. The molecule has 0 unspecified atom stereocenters. The minimum absolute atomic E-state index is 0.0197. The lowest BCUT2D eigenvalue weighted by molar-refractivity contribution is -0.176. The monoisotopic (exact) mass is 454 g/mol. The van der Waals surface area contributed by atoms with Crippen molar-refractivity contribution in [1.29, 1.82) is 0 Å². The van der Waals surface area contributed by atoms with E-state index in [0.717, 1.165) is 5.56 Å². The summed E-state index contributed by atoms with van der Waals surface area (Å²) >= 11 is 0. The number of halogens is 3. The zero-order valence-electron chi connectivity index (χ0n) is 18.3. The van der Waals surface area contributed by atoms with Crippen LogP contribution in [0.25, 0.3) is 22.3 Å². The quantitative estimate of drug-likeness (QED) is 0.288. The molecule has 6 heteroatoms. The molecule has 0 amide bonds. The fraction of sp³-hybridized carbons (Fsp3) is 0.259. The van der Waals surface area contributed by atoms with Crippen LogP contribution in [0.1, 0.15) is 24.8 Å². The Morgan fingerprint density at radius 3 is 2.18 bits per heavy atom. The van der Waals surface area contributed by atoms with Crippen LogP contribution < -0.4 is 4.74 Å². The first-order valence-electron chi connectivity index (χ1n) is 10.8. The molecule has 0 bridgehead atoms. The Kier molecular flexibility index (Phi) is 7.16. The summed E-state index contributed by atoms with van der Waals surface area (Å²) in [6.45, 7) is 6.58. The lowest BCUT2D eigenvalue weighted by Crippen LogP contribution is -2.28. The Morgan fingerprint density at radius 1 is 0.909 bits per heavy atom. The maximum Gasteiger partial charge on any atom is 0.201 e. The molecule has 0 N–H and O–H groups in total. The van der Waals surface area contributed by atoms with E-state index in [2.05, 4.69) is 6.58 Å². The molecular formula is C27H25F3O3. The molecule has 33 heavy (non-hydrogen) atoms. The Balaban J connectivity index is 1.53. The standard InChI is InChI=1S/C27H25F3O3/c1-3-4-13-31-25-12-11-23(26(29)27(25)30)19-7-5-18(6-8-19)22-10-9-20(14-24(22)28)21-15-32-17(2)33-16-21/h3,5-12,14,17,21H,1,4,13,15-16H2,2H3. The van der Waals surface area contributed by atoms with E-state index in [0.29, 0.717) is 36.3 Å². The van der Waals surface area contributed by atoms with Gasteiger partial charge in [0, 0.05) is 17.0 Å². The Bertz CT molecular complexity index is 1120. The second kappa shape index (κ2) is 10.2. The fourth-order valence-corrected chi connectivity index (χ4v) is 3.76. The van der Waals surface area contributed by atoms with Gasteiger partial charge < -0.3 is 14.2 Å². The molecule has 1 saturated heterocycles. The van der Waals surface area contributed by atoms with Gasteiger partial charge in [-0.1, -0.05) is 42.5 Å². The molecule has 0 radical (unpaired) electrons. The van der Waals surface area contributed by atoms with Crippen LogP contribution in [0.2, 0.25) is 0 Å². The maximum absolute atomic E-state index is 14.9. The summed E-state index contributed by atoms with van der Waals surface area (Å²) in [5, 5.41) is 0. The summed E-state index contributed by atoms with van der Waals surface area (Å²) in [5.74, 6) is -2.54. The second-order valence-electron chi connectivity index (χ2n) is 7.91. The second-order valence-corrected chi connectivity index (χ2v) is 7.91. The molecule has 1 aliphatic heterocycles. The van der Waals surface area contributed by atoms with E-state index in [1.165, 1.54) is 18.2 Å². The largest absolute Gasteiger partial charge is 0.490 e. The molecule has 3 nitrogen and oxygen atoms in total. The third-order valence-corrected chi connectivity index (χ3v) is 5.66. The van der Waals surface area contributed by atoms with E-state index in [9.17, 15) is 13.2 Å². The minimum Gasteiger partial charge on any atom is -0.490 e. The summed E-state index contributed by atoms with van der Waals surface area (Å²) in [4.78, 5) is 0. The van der Waals surface area contributed by atoms with Gasteiger partial charge in [0.25, 0.3) is 0 Å². The van der Waals surface area contributed by atoms with Crippen LogP contribution in [-0.4, -0.2) is 26.1 Å². The molecular weight excluding hydrogens is 429 g/mol. The van der Waals surface area contributed by atoms with Crippen LogP contribution in [0.5, 0.6) is 5.75 Å². The van der Waals surface area contributed by atoms with Crippen LogP contribution in [0.3, 0.4) is 0 Å². The highest BCUT2D eigenvalue weighted by Gasteiger charge is 2.22. The first-order chi connectivity index (χ1) is 16.0. The van der Waals surface area contributed by atoms with Crippen molar-refractivity contribution in [2.45, 2.75) is 25.6 Å². The van der Waals surface area contributed by atoms with Crippen molar-refractivity contribution in [2.75, 3.05) is 19.8 Å². The molecule has 0 saturated carbocycles. The molecule has 4 rings (SSSR count). The van der Waals surface area contributed by atoms with Gasteiger partial charge in [-0.2, -0.15) is 4.39 Å². The normalized spacial score (nSPS) is 18.2. The highest BCUT2D eigenvalue weighted by Crippen LogP contribution is 2.33. The summed E-state index contributed by atoms with van der Waals surface area (Å²) in [6, 6.07) is 14.6. The van der Waals surface area contributed by atoms with E-state index in [1.54, 1.807) is 36.4 Å². The minimum atomic E-state index is -1.03. The van der Waals surface area contributed by atoms with Gasteiger partial charge in [0.15, 0.2) is 17.9 Å². The van der Waals surface area contributed by atoms with Crippen molar-refractivity contribution in [3.05, 3.63) is 90.3 Å². The SMILES string of the molecule is C=CCCOc1ccc(-c2ccc(-c3ccc(C4COC(C)OC4)cc3F)cc2)c(F)c1F. The number of hydrogen-bond donors (Lipinski definition) is 0. The van der Waals surface area contributed by atoms with Gasteiger partial charge in [-0.25, -0.2) is 8.78 Å². The Morgan fingerprint density at radius 2 is 1.55 bits per heavy atom. The van der Waals surface area contributed by atoms with Crippen molar-refractivity contribution < 1.29 is 27.4 Å². The first kappa shape index (κ1) is 23.1. The molecule has 0 aromatic heterocycles. The third-order valence-electron chi connectivity index (χ3n) is 5.66. The third kappa shape index (κ3) is 5.13. The summed E-state index contributed by atoms with van der Waals surface area (Å²) in [6.07, 6.45) is 1.92. The zero-order valence-corrected chi connectivity index (χ0v) is 18.3. The predicted molar refractivity (Wildman–Crippen MR) is 122 cm³/mol. The highest BCUT2D eigenvalue weighted by atomic mass is 19.2. The molecule has 0 atom stereocenters. The van der Waals surface area contributed by atoms with Gasteiger partial charge in [-0.3, -0.25) is 0 Å². The zero-order chi connectivity index (χ0) is 23.4. The van der Waals surface area contributed by atoms with E-state index in [-0.39, 0.29) is 35.9 Å². The molecule has 0 spiro atoms. The van der Waals surface area contributed by atoms with Gasteiger partial charge >= 0.3 is 0 Å². The van der Waals surface area contributed by atoms with Gasteiger partial charge in [0.2, 0.25) is 5.82 Å². The van der Waals surface area contributed by atoms with Crippen molar-refractivity contribution in [1.82, 2.24) is 0 Å². The lowest BCUT2D eigenvalue weighted by atomic mass is 9.95. The van der Waals surface area contributed by atoms with E-state index >= 15 is 0 Å². The average Bonchev–Trinajstić information content (AvgIpc) is 2.83. The number of ether oxygens (including phenoxy) is 3. The average molecular weight is 454 g/mol. The topological polar surface area (TPSA) is 27.7 Å². The van der Waals surface area contributed by atoms with Crippen molar-refractivity contribution in [3.8, 4) is 28.0 Å². The number of benzene rings is 3. The van der Waals surface area contributed by atoms with Crippen LogP contribution in [0, 0.1) is 17.5 Å². The van der Waals surface area contributed by atoms with Crippen LogP contribution in [0.15, 0.2) is 67.3 Å². The molecule has 3 aromatic carbocycles. The van der Waals surface area contributed by atoms with Crippen molar-refractivity contribution in [3.63, 3.8) is 0 Å². The predicted octanol–water partition coefficient (Wildman–Crippen LogP) is 6.87. The molecule has 1 aliphatic rings. The number of rotatable bonds is 7. The van der Waals surface area contributed by atoms with Gasteiger partial charge in [0.05, 0.1) is 19.8 Å². The molecule has 1 fully saturated rings. The smallest absolute Gasteiger partial charge is 0.201 e. The lowest BCUT2D eigenvalue weighted by Gasteiger charge is -2.27. The summed E-state index contributed by atoms with van der Waals surface area (Å²) in [7, 11) is 0. The Labute approximate surface area is 191 Å². The van der Waals surface area contributed by atoms with Crippen LogP contribution >= 0.6 is 0 Å². The molecule has 1 heterocycles. The van der Waals surface area contributed by atoms with Gasteiger partial charge in [-0.15, -0.1) is 6.58 Å². The Hall–Kier alpha value is -3.09.